The number of nitrogens with one attached hydrogen (secondary N) is 1. The van der Waals surface area contributed by atoms with Crippen LogP contribution in [0, 0.1) is 11.3 Å². The highest BCUT2D eigenvalue weighted by Crippen LogP contribution is 2.27. The van der Waals surface area contributed by atoms with Crippen molar-refractivity contribution in [3.8, 4) is 6.07 Å². The topological polar surface area (TPSA) is 69.2 Å². The predicted octanol–water partition coefficient (Wildman–Crippen LogP) is 4.00. The van der Waals surface area contributed by atoms with Gasteiger partial charge < -0.3 is 5.32 Å². The fourth-order valence-electron chi connectivity index (χ4n) is 3.72. The van der Waals surface area contributed by atoms with Crippen molar-refractivity contribution < 1.29 is 0 Å². The fraction of sp³-hybridized carbons (Fsp3) is 0.350. The Labute approximate surface area is 166 Å². The van der Waals surface area contributed by atoms with Crippen molar-refractivity contribution >= 4 is 27.3 Å². The molecule has 0 aliphatic carbocycles. The van der Waals surface area contributed by atoms with Crippen molar-refractivity contribution in [1.82, 2.24) is 19.5 Å². The Hall–Kier alpha value is -2.43. The molecular weight excluding hydrogens is 404 g/mol. The van der Waals surface area contributed by atoms with E-state index in [1.54, 1.807) is 6.33 Å². The van der Waals surface area contributed by atoms with Crippen LogP contribution in [0.3, 0.4) is 0 Å². The monoisotopic (exact) mass is 424 g/mol. The Morgan fingerprint density at radius 3 is 2.85 bits per heavy atom. The molecular formula is C20H21BrN6. The summed E-state index contributed by atoms with van der Waals surface area (Å²) >= 11 is 3.50. The number of benzene rings is 1. The van der Waals surface area contributed by atoms with Crippen LogP contribution < -0.4 is 5.32 Å². The van der Waals surface area contributed by atoms with E-state index in [1.165, 1.54) is 5.56 Å². The summed E-state index contributed by atoms with van der Waals surface area (Å²) < 4.78 is 2.76. The third kappa shape index (κ3) is 3.68. The molecule has 138 valence electrons. The Morgan fingerprint density at radius 1 is 1.26 bits per heavy atom. The summed E-state index contributed by atoms with van der Waals surface area (Å²) in [6.45, 7) is 4.25. The van der Waals surface area contributed by atoms with Crippen molar-refractivity contribution in [1.29, 1.82) is 5.26 Å². The molecule has 3 aromatic rings. The lowest BCUT2D eigenvalue weighted by Crippen LogP contribution is -2.40. The number of rotatable bonds is 4. The molecule has 1 N–H and O–H groups in total. The van der Waals surface area contributed by atoms with Crippen molar-refractivity contribution in [3.63, 3.8) is 0 Å². The van der Waals surface area contributed by atoms with E-state index in [-0.39, 0.29) is 0 Å². The molecule has 6 nitrogen and oxygen atoms in total. The van der Waals surface area contributed by atoms with Crippen LogP contribution in [0.15, 0.2) is 47.3 Å². The molecule has 1 aliphatic rings. The number of halogens is 1. The summed E-state index contributed by atoms with van der Waals surface area (Å²) in [7, 11) is 0. The molecule has 1 saturated heterocycles. The predicted molar refractivity (Wildman–Crippen MR) is 108 cm³/mol. The quantitative estimate of drug-likeness (QED) is 0.685. The molecule has 0 radical (unpaired) electrons. The molecule has 0 saturated carbocycles. The van der Waals surface area contributed by atoms with Gasteiger partial charge in [0.15, 0.2) is 5.82 Å². The number of aromatic nitrogens is 3. The zero-order chi connectivity index (χ0) is 18.8. The SMILES string of the molecule is CC(c1cccc(C#N)c1)N1CCC(Nc2ncnn3c(Br)ccc23)CC1. The normalized spacial score (nSPS) is 16.9. The van der Waals surface area contributed by atoms with E-state index in [0.717, 1.165) is 47.4 Å². The average Bonchev–Trinajstić information content (AvgIpc) is 3.10. The Balaban J connectivity index is 1.40. The number of hydrogen-bond acceptors (Lipinski definition) is 5. The molecule has 7 heteroatoms. The van der Waals surface area contributed by atoms with Crippen molar-refractivity contribution in [2.45, 2.75) is 31.8 Å². The van der Waals surface area contributed by atoms with E-state index in [2.05, 4.69) is 55.3 Å². The number of fused-ring (bicyclic) bond motifs is 1. The van der Waals surface area contributed by atoms with Gasteiger partial charge in [-0.3, -0.25) is 4.90 Å². The van der Waals surface area contributed by atoms with Crippen LogP contribution in [0.2, 0.25) is 0 Å². The summed E-state index contributed by atoms with van der Waals surface area (Å²) in [5.41, 5.74) is 2.91. The number of hydrogen-bond donors (Lipinski definition) is 1. The van der Waals surface area contributed by atoms with Gasteiger partial charge in [-0.05, 0) is 65.5 Å². The van der Waals surface area contributed by atoms with Gasteiger partial charge in [0.05, 0.1) is 11.6 Å². The standard InChI is InChI=1S/C20H21BrN6/c1-14(16-4-2-3-15(11-16)12-22)26-9-7-17(8-10-26)25-20-18-5-6-19(21)27(18)24-13-23-20/h2-6,11,13-14,17H,7-10H2,1H3,(H,23,24,25). The van der Waals surface area contributed by atoms with Crippen LogP contribution in [0.1, 0.15) is 36.9 Å². The average molecular weight is 425 g/mol. The Morgan fingerprint density at radius 2 is 2.07 bits per heavy atom. The van der Waals surface area contributed by atoms with Gasteiger partial charge in [-0.2, -0.15) is 10.4 Å². The smallest absolute Gasteiger partial charge is 0.154 e. The number of anilines is 1. The van der Waals surface area contributed by atoms with Crippen LogP contribution in [0.5, 0.6) is 0 Å². The molecule has 1 fully saturated rings. The summed E-state index contributed by atoms with van der Waals surface area (Å²) in [5.74, 6) is 0.879. The fourth-order valence-corrected chi connectivity index (χ4v) is 4.13. The minimum Gasteiger partial charge on any atom is -0.365 e. The van der Waals surface area contributed by atoms with Gasteiger partial charge in [-0.25, -0.2) is 9.50 Å². The second kappa shape index (κ2) is 7.67. The first-order chi connectivity index (χ1) is 13.2. The lowest BCUT2D eigenvalue weighted by Gasteiger charge is -2.36. The van der Waals surface area contributed by atoms with Crippen molar-refractivity contribution in [2.75, 3.05) is 18.4 Å². The van der Waals surface area contributed by atoms with Gasteiger partial charge in [-0.1, -0.05) is 12.1 Å². The highest BCUT2D eigenvalue weighted by Gasteiger charge is 2.24. The minimum atomic E-state index is 0.312. The molecule has 0 bridgehead atoms. The number of nitrogens with zero attached hydrogens (tertiary/aromatic N) is 5. The molecule has 1 atom stereocenters. The van der Waals surface area contributed by atoms with Crippen LogP contribution in [-0.2, 0) is 0 Å². The highest BCUT2D eigenvalue weighted by molar-refractivity contribution is 9.10. The van der Waals surface area contributed by atoms with E-state index < -0.39 is 0 Å². The molecule has 1 aliphatic heterocycles. The summed E-state index contributed by atoms with van der Waals surface area (Å²) in [6, 6.07) is 14.9. The summed E-state index contributed by atoms with van der Waals surface area (Å²) in [4.78, 5) is 6.91. The molecule has 27 heavy (non-hydrogen) atoms. The van der Waals surface area contributed by atoms with Crippen LogP contribution in [-0.4, -0.2) is 38.6 Å². The molecule has 2 aromatic heterocycles. The van der Waals surface area contributed by atoms with Gasteiger partial charge in [0, 0.05) is 25.2 Å². The molecule has 4 rings (SSSR count). The van der Waals surface area contributed by atoms with E-state index in [1.807, 2.05) is 34.8 Å². The largest absolute Gasteiger partial charge is 0.365 e. The third-order valence-corrected chi connectivity index (χ3v) is 5.92. The molecule has 0 amide bonds. The van der Waals surface area contributed by atoms with Crippen LogP contribution in [0.25, 0.3) is 5.52 Å². The van der Waals surface area contributed by atoms with E-state index >= 15 is 0 Å². The minimum absolute atomic E-state index is 0.312. The van der Waals surface area contributed by atoms with Crippen molar-refractivity contribution in [3.05, 3.63) is 58.5 Å². The van der Waals surface area contributed by atoms with E-state index in [4.69, 9.17) is 5.26 Å². The van der Waals surface area contributed by atoms with Crippen molar-refractivity contribution in [2.24, 2.45) is 0 Å². The summed E-state index contributed by atoms with van der Waals surface area (Å²) in [6.07, 6.45) is 3.69. The second-order valence-corrected chi connectivity index (χ2v) is 7.74. The van der Waals surface area contributed by atoms with Gasteiger partial charge in [0.1, 0.15) is 16.4 Å². The molecule has 1 unspecified atom stereocenters. The number of piperidine rings is 1. The Kier molecular flexibility index (Phi) is 5.10. The van der Waals surface area contributed by atoms with E-state index in [9.17, 15) is 0 Å². The first-order valence-electron chi connectivity index (χ1n) is 9.14. The van der Waals surface area contributed by atoms with E-state index in [0.29, 0.717) is 12.1 Å². The maximum Gasteiger partial charge on any atom is 0.154 e. The highest BCUT2D eigenvalue weighted by atomic mass is 79.9. The van der Waals surface area contributed by atoms with Gasteiger partial charge >= 0.3 is 0 Å². The second-order valence-electron chi connectivity index (χ2n) is 6.93. The Bertz CT molecular complexity index is 984. The van der Waals surface area contributed by atoms with Crippen LogP contribution >= 0.6 is 15.9 Å². The molecule has 3 heterocycles. The lowest BCUT2D eigenvalue weighted by molar-refractivity contribution is 0.167. The first-order valence-corrected chi connectivity index (χ1v) is 9.94. The zero-order valence-corrected chi connectivity index (χ0v) is 16.7. The molecule has 0 spiro atoms. The number of likely N-dealkylation sites (tertiary alicyclic amines) is 1. The maximum atomic E-state index is 9.12. The third-order valence-electron chi connectivity index (χ3n) is 5.32. The zero-order valence-electron chi connectivity index (χ0n) is 15.1. The first kappa shape index (κ1) is 18.0. The van der Waals surface area contributed by atoms with Gasteiger partial charge in [0.2, 0.25) is 0 Å². The lowest BCUT2D eigenvalue weighted by atomic mass is 9.99. The number of nitriles is 1. The maximum absolute atomic E-state index is 9.12. The van der Waals surface area contributed by atoms with Gasteiger partial charge in [-0.15, -0.1) is 0 Å². The summed E-state index contributed by atoms with van der Waals surface area (Å²) in [5, 5.41) is 17.0. The molecule has 1 aromatic carbocycles. The van der Waals surface area contributed by atoms with Crippen LogP contribution in [0.4, 0.5) is 5.82 Å². The van der Waals surface area contributed by atoms with Gasteiger partial charge in [0.25, 0.3) is 0 Å².